The van der Waals surface area contributed by atoms with Gasteiger partial charge in [-0.3, -0.25) is 9.69 Å². The van der Waals surface area contributed by atoms with Crippen LogP contribution in [0.5, 0.6) is 0 Å². The summed E-state index contributed by atoms with van der Waals surface area (Å²) in [5, 5.41) is 8.90. The Labute approximate surface area is 120 Å². The molecule has 1 aliphatic rings. The fourth-order valence-corrected chi connectivity index (χ4v) is 2.54. The molecule has 1 aromatic rings. The molecule has 0 fully saturated rings. The summed E-state index contributed by atoms with van der Waals surface area (Å²) in [4.78, 5) is 18.8. The lowest BCUT2D eigenvalue weighted by Crippen LogP contribution is -2.43. The third-order valence-corrected chi connectivity index (χ3v) is 3.59. The van der Waals surface area contributed by atoms with Crippen molar-refractivity contribution < 1.29 is 9.90 Å². The minimum absolute atomic E-state index is 0.133. The second kappa shape index (κ2) is 5.92. The average Bonchev–Trinajstić information content (AvgIpc) is 2.42. The SMILES string of the molecule is CC(C)(C)C(=O)N1CCCc2cc(CCCO)cnc21. The third-order valence-electron chi connectivity index (χ3n) is 3.59. The van der Waals surface area contributed by atoms with Crippen molar-refractivity contribution in [3.63, 3.8) is 0 Å². The Morgan fingerprint density at radius 2 is 2.20 bits per heavy atom. The van der Waals surface area contributed by atoms with Crippen molar-refractivity contribution in [3.8, 4) is 0 Å². The second-order valence-corrected chi connectivity index (χ2v) is 6.46. The van der Waals surface area contributed by atoms with Gasteiger partial charge < -0.3 is 5.11 Å². The van der Waals surface area contributed by atoms with Gasteiger partial charge >= 0.3 is 0 Å². The van der Waals surface area contributed by atoms with Gasteiger partial charge in [0.25, 0.3) is 0 Å². The Hall–Kier alpha value is -1.42. The molecule has 0 spiro atoms. The van der Waals surface area contributed by atoms with Crippen LogP contribution in [-0.4, -0.2) is 29.1 Å². The van der Waals surface area contributed by atoms with E-state index in [9.17, 15) is 4.79 Å². The summed E-state index contributed by atoms with van der Waals surface area (Å²) in [6.07, 6.45) is 5.39. The van der Waals surface area contributed by atoms with Crippen molar-refractivity contribution >= 4 is 11.7 Å². The average molecular weight is 276 g/mol. The van der Waals surface area contributed by atoms with Gasteiger partial charge in [-0.05, 0) is 36.8 Å². The number of aryl methyl sites for hydroxylation is 2. The van der Waals surface area contributed by atoms with Crippen LogP contribution in [0.1, 0.15) is 44.7 Å². The zero-order valence-electron chi connectivity index (χ0n) is 12.6. The van der Waals surface area contributed by atoms with E-state index >= 15 is 0 Å². The van der Waals surface area contributed by atoms with Gasteiger partial charge in [-0.2, -0.15) is 0 Å². The van der Waals surface area contributed by atoms with Crippen LogP contribution in [0.15, 0.2) is 12.3 Å². The first-order valence-corrected chi connectivity index (χ1v) is 7.34. The van der Waals surface area contributed by atoms with E-state index in [0.29, 0.717) is 0 Å². The van der Waals surface area contributed by atoms with E-state index in [1.165, 1.54) is 0 Å². The smallest absolute Gasteiger partial charge is 0.233 e. The minimum Gasteiger partial charge on any atom is -0.396 e. The standard InChI is InChI=1S/C16H24N2O2/c1-16(2,3)15(20)18-8-4-7-13-10-12(6-5-9-19)11-17-14(13)18/h10-11,19H,4-9H2,1-3H3. The van der Waals surface area contributed by atoms with Crippen molar-refractivity contribution in [2.45, 2.75) is 46.5 Å². The number of hydrogen-bond donors (Lipinski definition) is 1. The molecule has 0 radical (unpaired) electrons. The van der Waals surface area contributed by atoms with E-state index in [1.807, 2.05) is 31.9 Å². The van der Waals surface area contributed by atoms with E-state index < -0.39 is 0 Å². The predicted molar refractivity (Wildman–Crippen MR) is 79.8 cm³/mol. The van der Waals surface area contributed by atoms with Crippen LogP contribution in [0.4, 0.5) is 5.82 Å². The van der Waals surface area contributed by atoms with Gasteiger partial charge in [0.15, 0.2) is 0 Å². The fourth-order valence-electron chi connectivity index (χ4n) is 2.54. The lowest BCUT2D eigenvalue weighted by molar-refractivity contribution is -0.125. The summed E-state index contributed by atoms with van der Waals surface area (Å²) in [7, 11) is 0. The lowest BCUT2D eigenvalue weighted by Gasteiger charge is -2.33. The molecule has 1 amide bonds. The van der Waals surface area contributed by atoms with Gasteiger partial charge in [-0.25, -0.2) is 4.98 Å². The Kier molecular flexibility index (Phi) is 4.43. The van der Waals surface area contributed by atoms with Crippen LogP contribution in [0.3, 0.4) is 0 Å². The first-order valence-electron chi connectivity index (χ1n) is 7.34. The highest BCUT2D eigenvalue weighted by molar-refractivity contribution is 5.97. The van der Waals surface area contributed by atoms with Crippen LogP contribution in [0.25, 0.3) is 0 Å². The highest BCUT2D eigenvalue weighted by Gasteiger charge is 2.31. The molecular formula is C16H24N2O2. The molecular weight excluding hydrogens is 252 g/mol. The molecule has 110 valence electrons. The Bertz CT molecular complexity index is 492. The quantitative estimate of drug-likeness (QED) is 0.922. The second-order valence-electron chi connectivity index (χ2n) is 6.46. The number of rotatable bonds is 3. The molecule has 2 rings (SSSR count). The van der Waals surface area contributed by atoms with Crippen molar-refractivity contribution in [1.82, 2.24) is 4.98 Å². The van der Waals surface area contributed by atoms with Gasteiger partial charge in [0.05, 0.1) is 0 Å². The summed E-state index contributed by atoms with van der Waals surface area (Å²) >= 11 is 0. The number of amides is 1. The maximum atomic E-state index is 12.5. The molecule has 4 heteroatoms. The number of carbonyl (C=O) groups excluding carboxylic acids is 1. The van der Waals surface area contributed by atoms with Crippen LogP contribution in [0.2, 0.25) is 0 Å². The maximum Gasteiger partial charge on any atom is 0.233 e. The van der Waals surface area contributed by atoms with Gasteiger partial charge in [-0.1, -0.05) is 26.8 Å². The molecule has 0 bridgehead atoms. The zero-order valence-corrected chi connectivity index (χ0v) is 12.6. The third kappa shape index (κ3) is 3.18. The minimum atomic E-state index is -0.383. The summed E-state index contributed by atoms with van der Waals surface area (Å²) in [6, 6.07) is 2.14. The molecule has 0 aliphatic carbocycles. The molecule has 20 heavy (non-hydrogen) atoms. The molecule has 4 nitrogen and oxygen atoms in total. The zero-order chi connectivity index (χ0) is 14.8. The number of aromatic nitrogens is 1. The Morgan fingerprint density at radius 1 is 1.45 bits per heavy atom. The molecule has 2 heterocycles. The summed E-state index contributed by atoms with van der Waals surface area (Å²) in [6.45, 7) is 6.79. The van der Waals surface area contributed by atoms with E-state index in [2.05, 4.69) is 11.1 Å². The summed E-state index contributed by atoms with van der Waals surface area (Å²) in [5.74, 6) is 0.956. The molecule has 0 saturated carbocycles. The van der Waals surface area contributed by atoms with Gasteiger partial charge in [0.2, 0.25) is 5.91 Å². The number of aliphatic hydroxyl groups excluding tert-OH is 1. The summed E-state index contributed by atoms with van der Waals surface area (Å²) in [5.41, 5.74) is 1.92. The Balaban J connectivity index is 2.26. The van der Waals surface area contributed by atoms with Crippen molar-refractivity contribution in [2.75, 3.05) is 18.1 Å². The van der Waals surface area contributed by atoms with Gasteiger partial charge in [0.1, 0.15) is 5.82 Å². The first-order chi connectivity index (χ1) is 9.43. The Morgan fingerprint density at radius 3 is 2.85 bits per heavy atom. The topological polar surface area (TPSA) is 53.4 Å². The van der Waals surface area contributed by atoms with E-state index in [-0.39, 0.29) is 17.9 Å². The number of hydrogen-bond acceptors (Lipinski definition) is 3. The summed E-state index contributed by atoms with van der Waals surface area (Å²) < 4.78 is 0. The molecule has 1 aliphatic heterocycles. The molecule has 1 N–H and O–H groups in total. The van der Waals surface area contributed by atoms with Crippen LogP contribution >= 0.6 is 0 Å². The monoisotopic (exact) mass is 276 g/mol. The maximum absolute atomic E-state index is 12.5. The molecule has 0 atom stereocenters. The predicted octanol–water partition coefficient (Wildman–Crippen LogP) is 2.33. The molecule has 1 aromatic heterocycles. The number of anilines is 1. The molecule has 0 unspecified atom stereocenters. The molecule has 0 saturated heterocycles. The molecule has 0 aromatic carbocycles. The lowest BCUT2D eigenvalue weighted by atomic mass is 9.93. The first kappa shape index (κ1) is 15.0. The van der Waals surface area contributed by atoms with Crippen LogP contribution in [-0.2, 0) is 17.6 Å². The van der Waals surface area contributed by atoms with Gasteiger partial charge in [-0.15, -0.1) is 0 Å². The van der Waals surface area contributed by atoms with Crippen molar-refractivity contribution in [3.05, 3.63) is 23.4 Å². The number of nitrogens with zero attached hydrogens (tertiary/aromatic N) is 2. The van der Waals surface area contributed by atoms with Crippen molar-refractivity contribution in [1.29, 1.82) is 0 Å². The number of aliphatic hydroxyl groups is 1. The number of pyridine rings is 1. The van der Waals surface area contributed by atoms with E-state index in [1.54, 1.807) is 0 Å². The highest BCUT2D eigenvalue weighted by Crippen LogP contribution is 2.29. The number of fused-ring (bicyclic) bond motifs is 1. The number of carbonyl (C=O) groups is 1. The van der Waals surface area contributed by atoms with Crippen LogP contribution in [0, 0.1) is 5.41 Å². The highest BCUT2D eigenvalue weighted by atomic mass is 16.2. The normalized spacial score (nSPS) is 15.1. The van der Waals surface area contributed by atoms with E-state index in [0.717, 1.165) is 49.2 Å². The van der Waals surface area contributed by atoms with E-state index in [4.69, 9.17) is 5.11 Å². The van der Waals surface area contributed by atoms with Gasteiger partial charge in [0, 0.05) is 24.8 Å². The van der Waals surface area contributed by atoms with Crippen LogP contribution < -0.4 is 4.90 Å². The largest absolute Gasteiger partial charge is 0.396 e. The fraction of sp³-hybridized carbons (Fsp3) is 0.625. The van der Waals surface area contributed by atoms with Crippen molar-refractivity contribution in [2.24, 2.45) is 5.41 Å².